The highest BCUT2D eigenvalue weighted by molar-refractivity contribution is 5.96. The minimum atomic E-state index is -0.168. The number of para-hydroxylation sites is 1. The number of carbonyl (C=O) groups excluding carboxylic acids is 1. The zero-order valence-electron chi connectivity index (χ0n) is 14.5. The first-order valence-corrected chi connectivity index (χ1v) is 8.82. The largest absolute Gasteiger partial charge is 0.325 e. The fourth-order valence-electron chi connectivity index (χ4n) is 3.66. The average Bonchev–Trinajstić information content (AvgIpc) is 3.12. The summed E-state index contributed by atoms with van der Waals surface area (Å²) in [6.45, 7) is 0. The molecular weight excluding hydrogens is 332 g/mol. The molecule has 4 rings (SSSR count). The van der Waals surface area contributed by atoms with E-state index in [0.717, 1.165) is 24.8 Å². The van der Waals surface area contributed by atoms with Crippen molar-refractivity contribution in [1.29, 1.82) is 0 Å². The summed E-state index contributed by atoms with van der Waals surface area (Å²) >= 11 is 0. The number of aromatic nitrogens is 2. The summed E-state index contributed by atoms with van der Waals surface area (Å²) in [7, 11) is 1.61. The van der Waals surface area contributed by atoms with Crippen molar-refractivity contribution >= 4 is 11.6 Å². The van der Waals surface area contributed by atoms with E-state index in [-0.39, 0.29) is 23.4 Å². The molecule has 1 saturated carbocycles. The SMILES string of the molecule is Cn1nc(-c2ccccc2NC(=O)C2CCC3NNNC3C2)ccc1=O. The molecule has 2 fully saturated rings. The van der Waals surface area contributed by atoms with Crippen molar-refractivity contribution in [3.8, 4) is 11.3 Å². The van der Waals surface area contributed by atoms with E-state index in [2.05, 4.69) is 26.8 Å². The number of nitrogens with zero attached hydrogens (tertiary/aromatic N) is 2. The van der Waals surface area contributed by atoms with Gasteiger partial charge in [0.1, 0.15) is 0 Å². The molecule has 136 valence electrons. The number of hydrogen-bond donors (Lipinski definition) is 4. The number of hydrogen-bond acceptors (Lipinski definition) is 6. The van der Waals surface area contributed by atoms with Crippen LogP contribution in [0.25, 0.3) is 11.3 Å². The van der Waals surface area contributed by atoms with E-state index >= 15 is 0 Å². The summed E-state index contributed by atoms with van der Waals surface area (Å²) in [5.74, 6) is -0.0129. The lowest BCUT2D eigenvalue weighted by molar-refractivity contribution is -0.121. The van der Waals surface area contributed by atoms with Gasteiger partial charge in [-0.1, -0.05) is 18.2 Å². The fraction of sp³-hybridized carbons (Fsp3) is 0.389. The second kappa shape index (κ2) is 6.99. The Labute approximate surface area is 150 Å². The highest BCUT2D eigenvalue weighted by Crippen LogP contribution is 2.30. The van der Waals surface area contributed by atoms with Gasteiger partial charge in [0.15, 0.2) is 0 Å². The molecule has 0 spiro atoms. The van der Waals surface area contributed by atoms with Crippen molar-refractivity contribution < 1.29 is 4.79 Å². The van der Waals surface area contributed by atoms with Crippen LogP contribution in [0.3, 0.4) is 0 Å². The van der Waals surface area contributed by atoms with Crippen LogP contribution in [-0.4, -0.2) is 27.8 Å². The number of fused-ring (bicyclic) bond motifs is 1. The first-order chi connectivity index (χ1) is 12.6. The minimum Gasteiger partial charge on any atom is -0.325 e. The first kappa shape index (κ1) is 16.9. The van der Waals surface area contributed by atoms with Gasteiger partial charge in [0.25, 0.3) is 5.56 Å². The van der Waals surface area contributed by atoms with E-state index in [4.69, 9.17) is 0 Å². The van der Waals surface area contributed by atoms with Gasteiger partial charge >= 0.3 is 0 Å². The number of benzene rings is 1. The van der Waals surface area contributed by atoms with E-state index in [9.17, 15) is 9.59 Å². The van der Waals surface area contributed by atoms with Crippen LogP contribution in [0.5, 0.6) is 0 Å². The first-order valence-electron chi connectivity index (χ1n) is 8.82. The Morgan fingerprint density at radius 3 is 2.81 bits per heavy atom. The van der Waals surface area contributed by atoms with Gasteiger partial charge in [0, 0.05) is 36.7 Å². The number of aryl methyl sites for hydroxylation is 1. The summed E-state index contributed by atoms with van der Waals surface area (Å²) < 4.78 is 1.29. The number of amides is 1. The monoisotopic (exact) mass is 354 g/mol. The molecule has 1 aromatic carbocycles. The summed E-state index contributed by atoms with van der Waals surface area (Å²) in [4.78, 5) is 24.4. The van der Waals surface area contributed by atoms with E-state index in [1.807, 2.05) is 24.3 Å². The molecule has 26 heavy (non-hydrogen) atoms. The van der Waals surface area contributed by atoms with Crippen LogP contribution in [0, 0.1) is 5.92 Å². The fourth-order valence-corrected chi connectivity index (χ4v) is 3.66. The van der Waals surface area contributed by atoms with E-state index in [0.29, 0.717) is 17.4 Å². The minimum absolute atomic E-state index is 0.0226. The molecule has 1 aromatic heterocycles. The lowest BCUT2D eigenvalue weighted by atomic mass is 9.82. The Kier molecular flexibility index (Phi) is 4.54. The third kappa shape index (κ3) is 3.26. The normalized spacial score (nSPS) is 24.9. The number of anilines is 1. The van der Waals surface area contributed by atoms with Crippen molar-refractivity contribution in [2.45, 2.75) is 31.3 Å². The van der Waals surface area contributed by atoms with Crippen LogP contribution in [0.1, 0.15) is 19.3 Å². The Morgan fingerprint density at radius 2 is 1.96 bits per heavy atom. The van der Waals surface area contributed by atoms with Crippen molar-refractivity contribution in [2.24, 2.45) is 13.0 Å². The van der Waals surface area contributed by atoms with Crippen LogP contribution >= 0.6 is 0 Å². The molecule has 0 bridgehead atoms. The number of nitrogens with one attached hydrogen (secondary N) is 4. The van der Waals surface area contributed by atoms with Crippen molar-refractivity contribution in [3.63, 3.8) is 0 Å². The summed E-state index contributed by atoms with van der Waals surface area (Å²) in [5, 5.41) is 7.35. The van der Waals surface area contributed by atoms with Gasteiger partial charge in [0.05, 0.1) is 11.4 Å². The average molecular weight is 354 g/mol. The van der Waals surface area contributed by atoms with Crippen LogP contribution < -0.4 is 27.3 Å². The lowest BCUT2D eigenvalue weighted by Gasteiger charge is -2.29. The molecule has 2 aliphatic rings. The van der Waals surface area contributed by atoms with E-state index in [1.165, 1.54) is 10.7 Å². The van der Waals surface area contributed by atoms with Crippen LogP contribution in [0.4, 0.5) is 5.69 Å². The lowest BCUT2D eigenvalue weighted by Crippen LogP contribution is -2.42. The van der Waals surface area contributed by atoms with Crippen molar-refractivity contribution in [2.75, 3.05) is 5.32 Å². The molecule has 1 amide bonds. The molecular formula is C18H22N6O2. The second-order valence-corrected chi connectivity index (χ2v) is 6.85. The Balaban J connectivity index is 1.54. The summed E-state index contributed by atoms with van der Waals surface area (Å²) in [6.07, 6.45) is 2.59. The van der Waals surface area contributed by atoms with Crippen molar-refractivity contribution in [3.05, 3.63) is 46.8 Å². The van der Waals surface area contributed by atoms with E-state index in [1.54, 1.807) is 13.1 Å². The molecule has 1 aliphatic heterocycles. The predicted octanol–water partition coefficient (Wildman–Crippen LogP) is 0.536. The third-order valence-corrected chi connectivity index (χ3v) is 5.16. The molecule has 3 unspecified atom stereocenters. The predicted molar refractivity (Wildman–Crippen MR) is 97.9 cm³/mol. The van der Waals surface area contributed by atoms with Crippen molar-refractivity contribution in [1.82, 2.24) is 26.2 Å². The number of hydrazine groups is 2. The summed E-state index contributed by atoms with van der Waals surface area (Å²) in [6, 6.07) is 11.3. The maximum atomic E-state index is 12.8. The Bertz CT molecular complexity index is 880. The topological polar surface area (TPSA) is 100 Å². The summed E-state index contributed by atoms with van der Waals surface area (Å²) in [5.41, 5.74) is 11.3. The Morgan fingerprint density at radius 1 is 1.15 bits per heavy atom. The molecule has 1 saturated heterocycles. The van der Waals surface area contributed by atoms with E-state index < -0.39 is 0 Å². The highest BCUT2D eigenvalue weighted by Gasteiger charge is 2.36. The van der Waals surface area contributed by atoms with Gasteiger partial charge in [-0.2, -0.15) is 10.6 Å². The molecule has 2 heterocycles. The van der Waals surface area contributed by atoms with Crippen LogP contribution in [-0.2, 0) is 11.8 Å². The molecule has 0 radical (unpaired) electrons. The molecule has 1 aliphatic carbocycles. The molecule has 8 nitrogen and oxygen atoms in total. The zero-order chi connectivity index (χ0) is 18.1. The maximum absolute atomic E-state index is 12.8. The van der Waals surface area contributed by atoms with Gasteiger partial charge in [-0.25, -0.2) is 15.5 Å². The highest BCUT2D eigenvalue weighted by atomic mass is 16.2. The Hall–Kier alpha value is -2.55. The standard InChI is InChI=1S/C18H22N6O2/c1-24-17(25)9-8-14(22-24)12-4-2-3-5-13(12)19-18(26)11-6-7-15-16(10-11)21-23-20-15/h2-5,8-9,11,15-16,20-21,23H,6-7,10H2,1H3,(H,19,26). The van der Waals surface area contributed by atoms with Gasteiger partial charge in [-0.15, -0.1) is 0 Å². The quantitative estimate of drug-likeness (QED) is 0.642. The maximum Gasteiger partial charge on any atom is 0.266 e. The molecule has 8 heteroatoms. The molecule has 2 aromatic rings. The zero-order valence-corrected chi connectivity index (χ0v) is 14.5. The third-order valence-electron chi connectivity index (χ3n) is 5.16. The van der Waals surface area contributed by atoms with Gasteiger partial charge in [0.2, 0.25) is 5.91 Å². The number of rotatable bonds is 3. The van der Waals surface area contributed by atoms with Gasteiger partial charge in [-0.3, -0.25) is 9.59 Å². The molecule has 3 atom stereocenters. The molecule has 4 N–H and O–H groups in total. The number of carbonyl (C=O) groups is 1. The van der Waals surface area contributed by atoms with Crippen LogP contribution in [0.2, 0.25) is 0 Å². The smallest absolute Gasteiger partial charge is 0.266 e. The van der Waals surface area contributed by atoms with Gasteiger partial charge in [-0.05, 0) is 31.4 Å². The van der Waals surface area contributed by atoms with Gasteiger partial charge < -0.3 is 5.32 Å². The second-order valence-electron chi connectivity index (χ2n) is 6.85. The van der Waals surface area contributed by atoms with Crippen LogP contribution in [0.15, 0.2) is 41.2 Å².